The van der Waals surface area contributed by atoms with E-state index in [2.05, 4.69) is 5.10 Å². The van der Waals surface area contributed by atoms with E-state index in [-0.39, 0.29) is 12.1 Å². The van der Waals surface area contributed by atoms with Gasteiger partial charge in [-0.1, -0.05) is 18.2 Å². The number of nitrogens with zero attached hydrogens (tertiary/aromatic N) is 4. The Morgan fingerprint density at radius 3 is 2.29 bits per heavy atom. The third-order valence-corrected chi connectivity index (χ3v) is 4.92. The molecule has 31 heavy (non-hydrogen) atoms. The molecule has 3 aromatic rings. The maximum atomic E-state index is 14.2. The summed E-state index contributed by atoms with van der Waals surface area (Å²) in [6.45, 7) is 3.95. The van der Waals surface area contributed by atoms with E-state index in [0.29, 0.717) is 24.5 Å². The Kier molecular flexibility index (Phi) is 6.64. The van der Waals surface area contributed by atoms with Crippen LogP contribution < -0.4 is 16.0 Å². The van der Waals surface area contributed by atoms with Gasteiger partial charge in [0.05, 0.1) is 19.3 Å². The third-order valence-electron chi connectivity index (χ3n) is 4.92. The van der Waals surface area contributed by atoms with Crippen molar-refractivity contribution in [2.75, 3.05) is 20.2 Å². The van der Waals surface area contributed by atoms with Gasteiger partial charge in [-0.2, -0.15) is 9.78 Å². The second-order valence-corrected chi connectivity index (χ2v) is 6.70. The van der Waals surface area contributed by atoms with Gasteiger partial charge in [0.1, 0.15) is 11.6 Å². The molecule has 0 fully saturated rings. The molecule has 1 heterocycles. The first-order valence-electron chi connectivity index (χ1n) is 9.82. The van der Waals surface area contributed by atoms with Crippen LogP contribution in [0.2, 0.25) is 0 Å². The predicted molar refractivity (Wildman–Crippen MR) is 113 cm³/mol. The Hall–Kier alpha value is -3.75. The Balaban J connectivity index is 2.24. The number of aromatic nitrogens is 3. The molecule has 1 aromatic heterocycles. The Labute approximate surface area is 178 Å². The monoisotopic (exact) mass is 426 g/mol. The average Bonchev–Trinajstić information content (AvgIpc) is 2.79. The van der Waals surface area contributed by atoms with Gasteiger partial charge < -0.3 is 9.64 Å². The number of halogens is 1. The first kappa shape index (κ1) is 21.9. The lowest BCUT2D eigenvalue weighted by Gasteiger charge is -2.19. The molecule has 0 unspecified atom stereocenters. The number of methoxy groups -OCH3 is 1. The zero-order valence-electron chi connectivity index (χ0n) is 17.5. The van der Waals surface area contributed by atoms with Crippen LogP contribution >= 0.6 is 0 Å². The highest BCUT2D eigenvalue weighted by Crippen LogP contribution is 2.13. The molecule has 0 aliphatic rings. The summed E-state index contributed by atoms with van der Waals surface area (Å²) in [4.78, 5) is 40.6. The number of amides is 1. The summed E-state index contributed by atoms with van der Waals surface area (Å²) in [7, 11) is 1.51. The molecule has 2 aromatic carbocycles. The van der Waals surface area contributed by atoms with Gasteiger partial charge in [0, 0.05) is 18.7 Å². The van der Waals surface area contributed by atoms with Crippen molar-refractivity contribution in [2.24, 2.45) is 0 Å². The summed E-state index contributed by atoms with van der Waals surface area (Å²) in [6.07, 6.45) is 0. The van der Waals surface area contributed by atoms with E-state index in [1.807, 2.05) is 0 Å². The van der Waals surface area contributed by atoms with Gasteiger partial charge in [-0.3, -0.25) is 14.2 Å². The summed E-state index contributed by atoms with van der Waals surface area (Å²) in [5, 5.41) is 4.08. The summed E-state index contributed by atoms with van der Waals surface area (Å²) in [6, 6.07) is 12.3. The van der Waals surface area contributed by atoms with Crippen molar-refractivity contribution in [1.29, 1.82) is 0 Å². The lowest BCUT2D eigenvalue weighted by atomic mass is 10.2. The lowest BCUT2D eigenvalue weighted by molar-refractivity contribution is 0.0761. The third kappa shape index (κ3) is 4.40. The first-order valence-corrected chi connectivity index (χ1v) is 9.82. The Bertz CT molecular complexity index is 1200. The normalized spacial score (nSPS) is 10.7. The molecule has 0 atom stereocenters. The van der Waals surface area contributed by atoms with Crippen LogP contribution in [0.25, 0.3) is 5.69 Å². The fourth-order valence-corrected chi connectivity index (χ4v) is 3.14. The molecule has 9 heteroatoms. The number of hydrogen-bond donors (Lipinski definition) is 0. The van der Waals surface area contributed by atoms with Gasteiger partial charge in [-0.15, -0.1) is 0 Å². The maximum Gasteiger partial charge on any atom is 0.352 e. The van der Waals surface area contributed by atoms with Gasteiger partial charge in [-0.25, -0.2) is 9.18 Å². The van der Waals surface area contributed by atoms with Gasteiger partial charge in [-0.05, 0) is 44.2 Å². The number of carbonyl (C=O) groups excluding carboxylic acids is 1. The quantitative estimate of drug-likeness (QED) is 0.577. The summed E-state index contributed by atoms with van der Waals surface area (Å²) >= 11 is 0. The number of benzene rings is 2. The molecule has 3 rings (SSSR count). The van der Waals surface area contributed by atoms with Crippen molar-refractivity contribution < 1.29 is 13.9 Å². The zero-order chi connectivity index (χ0) is 22.5. The summed E-state index contributed by atoms with van der Waals surface area (Å²) in [5.74, 6) is -0.589. The van der Waals surface area contributed by atoms with Crippen LogP contribution in [0.4, 0.5) is 4.39 Å². The number of carbonyl (C=O) groups is 1. The van der Waals surface area contributed by atoms with Crippen molar-refractivity contribution in [3.05, 3.63) is 86.4 Å². The minimum absolute atomic E-state index is 0.149. The second-order valence-electron chi connectivity index (χ2n) is 6.70. The highest BCUT2D eigenvalue weighted by molar-refractivity contribution is 5.91. The van der Waals surface area contributed by atoms with Crippen molar-refractivity contribution in [2.45, 2.75) is 20.4 Å². The molecule has 0 spiro atoms. The van der Waals surface area contributed by atoms with Crippen molar-refractivity contribution in [3.63, 3.8) is 0 Å². The maximum absolute atomic E-state index is 14.2. The Morgan fingerprint density at radius 2 is 1.71 bits per heavy atom. The first-order chi connectivity index (χ1) is 14.9. The van der Waals surface area contributed by atoms with Crippen LogP contribution in [0.15, 0.2) is 58.1 Å². The number of rotatable bonds is 7. The van der Waals surface area contributed by atoms with Gasteiger partial charge in [0.15, 0.2) is 0 Å². The summed E-state index contributed by atoms with van der Waals surface area (Å²) in [5.41, 5.74) is -1.57. The fraction of sp³-hybridized carbons (Fsp3) is 0.273. The van der Waals surface area contributed by atoms with Crippen LogP contribution in [-0.4, -0.2) is 45.4 Å². The minimum atomic E-state index is -0.866. The van der Waals surface area contributed by atoms with Crippen molar-refractivity contribution >= 4 is 5.91 Å². The highest BCUT2D eigenvalue weighted by atomic mass is 19.1. The van der Waals surface area contributed by atoms with Crippen LogP contribution in [0.5, 0.6) is 5.75 Å². The number of ether oxygens (including phenoxy) is 1. The Morgan fingerprint density at radius 1 is 1.06 bits per heavy atom. The van der Waals surface area contributed by atoms with E-state index in [9.17, 15) is 18.8 Å². The molecule has 162 valence electrons. The van der Waals surface area contributed by atoms with E-state index in [4.69, 9.17) is 4.74 Å². The van der Waals surface area contributed by atoms with E-state index in [1.54, 1.807) is 44.2 Å². The summed E-state index contributed by atoms with van der Waals surface area (Å²) < 4.78 is 21.1. The molecule has 0 bridgehead atoms. The second kappa shape index (κ2) is 9.38. The molecule has 8 nitrogen and oxygen atoms in total. The molecule has 0 N–H and O–H groups in total. The molecular weight excluding hydrogens is 403 g/mol. The average molecular weight is 426 g/mol. The van der Waals surface area contributed by atoms with E-state index < -0.39 is 28.7 Å². The van der Waals surface area contributed by atoms with E-state index in [0.717, 1.165) is 9.25 Å². The van der Waals surface area contributed by atoms with Gasteiger partial charge in [0.25, 0.3) is 11.5 Å². The standard InChI is InChI=1S/C22H23FN4O4/c1-4-25(5-2)20(28)19-21(29)26(14-15-8-6-7-9-18(15)23)22(30)27(24-19)16-10-12-17(31-3)13-11-16/h6-13H,4-5,14H2,1-3H3. The van der Waals surface area contributed by atoms with E-state index >= 15 is 0 Å². The smallest absolute Gasteiger partial charge is 0.352 e. The number of hydrogen-bond acceptors (Lipinski definition) is 5. The molecular formula is C22H23FN4O4. The largest absolute Gasteiger partial charge is 0.497 e. The van der Waals surface area contributed by atoms with E-state index in [1.165, 1.54) is 30.2 Å². The SMILES string of the molecule is CCN(CC)C(=O)c1nn(-c2ccc(OC)cc2)c(=O)n(Cc2ccccc2F)c1=O. The molecule has 0 saturated carbocycles. The van der Waals surface area contributed by atoms with Gasteiger partial charge in [0.2, 0.25) is 5.69 Å². The topological polar surface area (TPSA) is 86.4 Å². The van der Waals surface area contributed by atoms with Crippen LogP contribution in [-0.2, 0) is 6.54 Å². The van der Waals surface area contributed by atoms with Crippen LogP contribution in [0.3, 0.4) is 0 Å². The van der Waals surface area contributed by atoms with Crippen LogP contribution in [0.1, 0.15) is 29.9 Å². The van der Waals surface area contributed by atoms with Crippen molar-refractivity contribution in [1.82, 2.24) is 19.2 Å². The molecule has 0 radical (unpaired) electrons. The fourth-order valence-electron chi connectivity index (χ4n) is 3.14. The lowest BCUT2D eigenvalue weighted by Crippen LogP contribution is -2.46. The van der Waals surface area contributed by atoms with Crippen LogP contribution in [0, 0.1) is 5.82 Å². The molecule has 0 aliphatic carbocycles. The van der Waals surface area contributed by atoms with Crippen molar-refractivity contribution in [3.8, 4) is 11.4 Å². The molecule has 0 aliphatic heterocycles. The highest BCUT2D eigenvalue weighted by Gasteiger charge is 2.24. The molecule has 1 amide bonds. The predicted octanol–water partition coefficient (Wildman–Crippen LogP) is 2.07. The van der Waals surface area contributed by atoms with Gasteiger partial charge >= 0.3 is 5.69 Å². The molecule has 0 saturated heterocycles. The minimum Gasteiger partial charge on any atom is -0.497 e. The zero-order valence-corrected chi connectivity index (χ0v) is 17.5.